The maximum absolute atomic E-state index is 5.29. The molecule has 0 bridgehead atoms. The monoisotopic (exact) mass is 328 g/mol. The molecule has 24 heavy (non-hydrogen) atoms. The first-order valence-electron chi connectivity index (χ1n) is 7.22. The van der Waals surface area contributed by atoms with Gasteiger partial charge >= 0.3 is 0 Å². The van der Waals surface area contributed by atoms with Crippen molar-refractivity contribution in [1.82, 2.24) is 0 Å². The molecule has 0 amide bonds. The number of methoxy groups -OCH3 is 4. The fraction of sp³-hybridized carbons (Fsp3) is 0.222. The van der Waals surface area contributed by atoms with Crippen molar-refractivity contribution in [3.63, 3.8) is 0 Å². The molecular weight excluding hydrogens is 308 g/mol. The molecule has 0 N–H and O–H groups in total. The second-order valence-electron chi connectivity index (χ2n) is 4.70. The highest BCUT2D eigenvalue weighted by atomic mass is 16.5. The summed E-state index contributed by atoms with van der Waals surface area (Å²) in [6, 6.07) is 10.9. The van der Waals surface area contributed by atoms with Crippen molar-refractivity contribution in [3.05, 3.63) is 47.5 Å². The molecule has 6 nitrogen and oxygen atoms in total. The zero-order valence-corrected chi connectivity index (χ0v) is 14.1. The van der Waals surface area contributed by atoms with Crippen LogP contribution in [0.15, 0.2) is 46.6 Å². The Morgan fingerprint density at radius 2 is 1.04 bits per heavy atom. The Bertz CT molecular complexity index is 678. The van der Waals surface area contributed by atoms with Crippen molar-refractivity contribution in [1.29, 1.82) is 0 Å². The van der Waals surface area contributed by atoms with Crippen LogP contribution in [0.3, 0.4) is 0 Å². The molecule has 2 aromatic rings. The summed E-state index contributed by atoms with van der Waals surface area (Å²) in [5.41, 5.74) is 1.54. The normalized spacial score (nSPS) is 11.0. The lowest BCUT2D eigenvalue weighted by molar-refractivity contribution is 0.402. The summed E-state index contributed by atoms with van der Waals surface area (Å²) in [5, 5.41) is 8.13. The van der Waals surface area contributed by atoms with E-state index in [1.807, 2.05) is 36.4 Å². The molecule has 0 aromatic heterocycles. The highest BCUT2D eigenvalue weighted by molar-refractivity contribution is 5.87. The fourth-order valence-corrected chi connectivity index (χ4v) is 2.07. The van der Waals surface area contributed by atoms with Crippen molar-refractivity contribution in [2.45, 2.75) is 0 Å². The maximum atomic E-state index is 5.29. The standard InChI is InChI=1S/C18H20N2O4/c1-21-15-5-7-17(23-3)13(9-15)11-19-20-12-14-10-16(22-2)6-8-18(14)24-4/h5-12H,1-4H3/b19-11+,20-12+. The van der Waals surface area contributed by atoms with Crippen LogP contribution < -0.4 is 18.9 Å². The van der Waals surface area contributed by atoms with E-state index in [-0.39, 0.29) is 0 Å². The third-order valence-corrected chi connectivity index (χ3v) is 3.33. The van der Waals surface area contributed by atoms with Crippen LogP contribution >= 0.6 is 0 Å². The molecule has 0 saturated heterocycles. The van der Waals surface area contributed by atoms with Crippen LogP contribution in [0.2, 0.25) is 0 Å². The lowest BCUT2D eigenvalue weighted by Crippen LogP contribution is -1.93. The predicted molar refractivity (Wildman–Crippen MR) is 94.3 cm³/mol. The van der Waals surface area contributed by atoms with E-state index in [0.717, 1.165) is 22.6 Å². The lowest BCUT2D eigenvalue weighted by Gasteiger charge is -2.06. The van der Waals surface area contributed by atoms with Gasteiger partial charge in [-0.25, -0.2) is 0 Å². The van der Waals surface area contributed by atoms with Gasteiger partial charge in [-0.2, -0.15) is 10.2 Å². The average molecular weight is 328 g/mol. The van der Waals surface area contributed by atoms with E-state index in [0.29, 0.717) is 11.5 Å². The number of rotatable bonds is 7. The van der Waals surface area contributed by atoms with E-state index in [9.17, 15) is 0 Å². The van der Waals surface area contributed by atoms with Gasteiger partial charge < -0.3 is 18.9 Å². The molecule has 2 rings (SSSR count). The van der Waals surface area contributed by atoms with Gasteiger partial charge in [0.25, 0.3) is 0 Å². The van der Waals surface area contributed by atoms with Gasteiger partial charge in [-0.1, -0.05) is 0 Å². The summed E-state index contributed by atoms with van der Waals surface area (Å²) in [6.45, 7) is 0. The Balaban J connectivity index is 2.21. The molecule has 0 aliphatic heterocycles. The predicted octanol–water partition coefficient (Wildman–Crippen LogP) is 3.17. The molecule has 0 aliphatic rings. The molecular formula is C18H20N2O4. The Morgan fingerprint density at radius 1 is 0.625 bits per heavy atom. The summed E-state index contributed by atoms with van der Waals surface area (Å²) in [7, 11) is 6.42. The molecule has 0 heterocycles. The minimum absolute atomic E-state index is 0.689. The van der Waals surface area contributed by atoms with Crippen molar-refractivity contribution >= 4 is 12.4 Å². The summed E-state index contributed by atoms with van der Waals surface area (Å²) in [6.07, 6.45) is 3.20. The average Bonchev–Trinajstić information content (AvgIpc) is 2.64. The highest BCUT2D eigenvalue weighted by Crippen LogP contribution is 2.23. The van der Waals surface area contributed by atoms with Crippen LogP contribution in [-0.2, 0) is 0 Å². The van der Waals surface area contributed by atoms with Gasteiger partial charge in [0.2, 0.25) is 0 Å². The molecule has 6 heteroatoms. The molecule has 2 aromatic carbocycles. The molecule has 0 aliphatic carbocycles. The van der Waals surface area contributed by atoms with Gasteiger partial charge in [-0.3, -0.25) is 0 Å². The van der Waals surface area contributed by atoms with Crippen molar-refractivity contribution in [2.75, 3.05) is 28.4 Å². The number of ether oxygens (including phenoxy) is 4. The zero-order valence-electron chi connectivity index (χ0n) is 14.1. The van der Waals surface area contributed by atoms with Gasteiger partial charge in [-0.15, -0.1) is 0 Å². The topological polar surface area (TPSA) is 61.6 Å². The third kappa shape index (κ3) is 4.25. The fourth-order valence-electron chi connectivity index (χ4n) is 2.07. The van der Waals surface area contributed by atoms with E-state index in [1.54, 1.807) is 40.9 Å². The van der Waals surface area contributed by atoms with Crippen LogP contribution in [0.1, 0.15) is 11.1 Å². The van der Waals surface area contributed by atoms with Crippen molar-refractivity contribution < 1.29 is 18.9 Å². The maximum Gasteiger partial charge on any atom is 0.127 e. The Morgan fingerprint density at radius 3 is 1.38 bits per heavy atom. The third-order valence-electron chi connectivity index (χ3n) is 3.33. The van der Waals surface area contributed by atoms with Crippen LogP contribution in [0.5, 0.6) is 23.0 Å². The second-order valence-corrected chi connectivity index (χ2v) is 4.70. The smallest absolute Gasteiger partial charge is 0.127 e. The van der Waals surface area contributed by atoms with E-state index in [1.165, 1.54) is 0 Å². The van der Waals surface area contributed by atoms with E-state index in [4.69, 9.17) is 18.9 Å². The molecule has 0 fully saturated rings. The van der Waals surface area contributed by atoms with E-state index in [2.05, 4.69) is 10.2 Å². The van der Waals surface area contributed by atoms with Crippen LogP contribution in [0, 0.1) is 0 Å². The first-order valence-corrected chi connectivity index (χ1v) is 7.22. The molecule has 0 saturated carbocycles. The molecule has 126 valence electrons. The Hall–Kier alpha value is -3.02. The minimum atomic E-state index is 0.689. The van der Waals surface area contributed by atoms with Gasteiger partial charge in [-0.05, 0) is 36.4 Å². The summed E-state index contributed by atoms with van der Waals surface area (Å²) >= 11 is 0. The van der Waals surface area contributed by atoms with Gasteiger partial charge in [0.15, 0.2) is 0 Å². The van der Waals surface area contributed by atoms with Crippen LogP contribution in [-0.4, -0.2) is 40.9 Å². The van der Waals surface area contributed by atoms with Crippen LogP contribution in [0.25, 0.3) is 0 Å². The number of hydrogen-bond donors (Lipinski definition) is 0. The zero-order chi connectivity index (χ0) is 17.4. The molecule has 0 atom stereocenters. The van der Waals surface area contributed by atoms with E-state index < -0.39 is 0 Å². The highest BCUT2D eigenvalue weighted by Gasteiger charge is 2.03. The minimum Gasteiger partial charge on any atom is -0.497 e. The Labute approximate surface area is 141 Å². The number of nitrogens with zero attached hydrogens (tertiary/aromatic N) is 2. The van der Waals surface area contributed by atoms with Gasteiger partial charge in [0, 0.05) is 11.1 Å². The van der Waals surface area contributed by atoms with E-state index >= 15 is 0 Å². The Kier molecular flexibility index (Phi) is 6.19. The summed E-state index contributed by atoms with van der Waals surface area (Å²) in [4.78, 5) is 0. The second kappa shape index (κ2) is 8.57. The lowest BCUT2D eigenvalue weighted by atomic mass is 10.2. The van der Waals surface area contributed by atoms with Crippen molar-refractivity contribution in [3.8, 4) is 23.0 Å². The summed E-state index contributed by atoms with van der Waals surface area (Å²) < 4.78 is 21.0. The number of benzene rings is 2. The van der Waals surface area contributed by atoms with Gasteiger partial charge in [0.1, 0.15) is 23.0 Å². The molecule has 0 spiro atoms. The molecule has 0 unspecified atom stereocenters. The summed E-state index contributed by atoms with van der Waals surface area (Å²) in [5.74, 6) is 2.81. The van der Waals surface area contributed by atoms with Gasteiger partial charge in [0.05, 0.1) is 40.9 Å². The first-order chi connectivity index (χ1) is 11.7. The largest absolute Gasteiger partial charge is 0.497 e. The van der Waals surface area contributed by atoms with Crippen LogP contribution in [0.4, 0.5) is 0 Å². The molecule has 0 radical (unpaired) electrons. The quantitative estimate of drug-likeness (QED) is 0.578. The first kappa shape index (κ1) is 17.3. The number of hydrogen-bond acceptors (Lipinski definition) is 6. The SMILES string of the molecule is COc1ccc(OC)c(/C=N/N=C/c2cc(OC)ccc2OC)c1. The van der Waals surface area contributed by atoms with Crippen molar-refractivity contribution in [2.24, 2.45) is 10.2 Å².